The number of fused-ring (bicyclic) bond motifs is 1. The van der Waals surface area contributed by atoms with Crippen LogP contribution in [0.2, 0.25) is 0 Å². The van der Waals surface area contributed by atoms with Crippen LogP contribution in [-0.2, 0) is 4.79 Å². The Morgan fingerprint density at radius 3 is 2.43 bits per heavy atom. The van der Waals surface area contributed by atoms with E-state index >= 15 is 0 Å². The summed E-state index contributed by atoms with van der Waals surface area (Å²) in [7, 11) is 0. The molecule has 4 aromatic rings. The summed E-state index contributed by atoms with van der Waals surface area (Å²) >= 11 is 0. The Bertz CT molecular complexity index is 1750. The third kappa shape index (κ3) is 6.28. The van der Waals surface area contributed by atoms with Crippen LogP contribution in [0.1, 0.15) is 56.1 Å². The monoisotopic (exact) mass is 588 g/mol. The van der Waals surface area contributed by atoms with Gasteiger partial charge >= 0.3 is 0 Å². The molecule has 0 spiro atoms. The van der Waals surface area contributed by atoms with Crippen LogP contribution in [0.5, 0.6) is 0 Å². The molecule has 5 N–H and O–H groups in total. The molecule has 0 saturated carbocycles. The van der Waals surface area contributed by atoms with Crippen LogP contribution < -0.4 is 21.3 Å². The molecule has 0 unspecified atom stereocenters. The molecular weight excluding hydrogens is 552 g/mol. The fourth-order valence-corrected chi connectivity index (χ4v) is 5.87. The maximum absolute atomic E-state index is 13.1. The second-order valence-corrected chi connectivity index (χ2v) is 11.3. The number of hydrogen-bond acceptors (Lipinski definition) is 5. The van der Waals surface area contributed by atoms with E-state index in [4.69, 9.17) is 0 Å². The largest absolute Gasteiger partial charge is 0.358 e. The van der Waals surface area contributed by atoms with Gasteiger partial charge in [-0.2, -0.15) is 0 Å². The summed E-state index contributed by atoms with van der Waals surface area (Å²) in [6.07, 6.45) is 4.25. The van der Waals surface area contributed by atoms with Crippen molar-refractivity contribution in [1.29, 1.82) is 0 Å². The average Bonchev–Trinajstić information content (AvgIpc) is 3.72. The molecule has 0 bridgehead atoms. The number of carbonyl (C=O) groups excluding carboxylic acids is 3. The summed E-state index contributed by atoms with van der Waals surface area (Å²) in [4.78, 5) is 44.4. The SMILES string of the molecule is Cc1[nH]c(C=C2C(=O)Nc3ccc(Nc4cccc(NC(=O)c5ccccc5)c4)cc32)c(C)c1C(=O)NCCN1CCCC1. The number of rotatable bonds is 9. The lowest BCUT2D eigenvalue weighted by Gasteiger charge is -2.14. The molecule has 1 aromatic heterocycles. The molecule has 44 heavy (non-hydrogen) atoms. The number of anilines is 4. The second-order valence-electron chi connectivity index (χ2n) is 11.3. The fourth-order valence-electron chi connectivity index (χ4n) is 5.87. The zero-order valence-electron chi connectivity index (χ0n) is 24.9. The third-order valence-corrected chi connectivity index (χ3v) is 8.15. The fraction of sp³-hybridized carbons (Fsp3) is 0.229. The lowest BCUT2D eigenvalue weighted by molar-refractivity contribution is -0.110. The molecule has 2 aliphatic rings. The number of aromatic amines is 1. The highest BCUT2D eigenvalue weighted by molar-refractivity contribution is 6.35. The van der Waals surface area contributed by atoms with Gasteiger partial charge in [0.1, 0.15) is 0 Å². The topological polar surface area (TPSA) is 118 Å². The van der Waals surface area contributed by atoms with Crippen molar-refractivity contribution in [3.05, 3.63) is 106 Å². The number of aromatic nitrogens is 1. The zero-order valence-corrected chi connectivity index (χ0v) is 24.9. The van der Waals surface area contributed by atoms with Gasteiger partial charge in [-0.3, -0.25) is 14.4 Å². The summed E-state index contributed by atoms with van der Waals surface area (Å²) in [6, 6.07) is 22.2. The van der Waals surface area contributed by atoms with Crippen molar-refractivity contribution in [2.45, 2.75) is 26.7 Å². The van der Waals surface area contributed by atoms with Crippen molar-refractivity contribution in [3.8, 4) is 0 Å². The molecule has 0 aliphatic carbocycles. The molecule has 0 atom stereocenters. The van der Waals surface area contributed by atoms with Gasteiger partial charge in [-0.15, -0.1) is 0 Å². The van der Waals surface area contributed by atoms with Crippen molar-refractivity contribution in [2.75, 3.05) is 42.1 Å². The quantitative estimate of drug-likeness (QED) is 0.155. The number of hydrogen-bond donors (Lipinski definition) is 5. The van der Waals surface area contributed by atoms with Gasteiger partial charge in [0.25, 0.3) is 17.7 Å². The van der Waals surface area contributed by atoms with Gasteiger partial charge in [-0.05, 0) is 99.9 Å². The van der Waals surface area contributed by atoms with Gasteiger partial charge in [0, 0.05) is 58.4 Å². The minimum atomic E-state index is -0.203. The summed E-state index contributed by atoms with van der Waals surface area (Å²) < 4.78 is 0. The van der Waals surface area contributed by atoms with Gasteiger partial charge < -0.3 is 31.2 Å². The van der Waals surface area contributed by atoms with Crippen molar-refractivity contribution >= 4 is 52.1 Å². The molecule has 9 heteroatoms. The molecule has 224 valence electrons. The average molecular weight is 589 g/mol. The lowest BCUT2D eigenvalue weighted by Crippen LogP contribution is -2.33. The Balaban J connectivity index is 1.18. The highest BCUT2D eigenvalue weighted by Crippen LogP contribution is 2.36. The van der Waals surface area contributed by atoms with Crippen LogP contribution in [-0.4, -0.2) is 53.8 Å². The van der Waals surface area contributed by atoms with E-state index < -0.39 is 0 Å². The maximum atomic E-state index is 13.1. The Kier molecular flexibility index (Phi) is 8.29. The van der Waals surface area contributed by atoms with E-state index in [-0.39, 0.29) is 17.7 Å². The van der Waals surface area contributed by atoms with E-state index in [9.17, 15) is 14.4 Å². The van der Waals surface area contributed by atoms with Gasteiger partial charge in [0.05, 0.1) is 11.1 Å². The highest BCUT2D eigenvalue weighted by atomic mass is 16.2. The van der Waals surface area contributed by atoms with Gasteiger partial charge in [0.15, 0.2) is 0 Å². The smallest absolute Gasteiger partial charge is 0.256 e. The number of amides is 3. The third-order valence-electron chi connectivity index (χ3n) is 8.15. The molecule has 0 radical (unpaired) electrons. The first-order chi connectivity index (χ1) is 21.4. The van der Waals surface area contributed by atoms with Gasteiger partial charge in [-0.25, -0.2) is 0 Å². The van der Waals surface area contributed by atoms with Crippen LogP contribution in [0.15, 0.2) is 72.8 Å². The summed E-state index contributed by atoms with van der Waals surface area (Å²) in [5.41, 5.74) is 7.72. The van der Waals surface area contributed by atoms with E-state index in [1.54, 1.807) is 12.1 Å². The molecule has 3 aromatic carbocycles. The highest BCUT2D eigenvalue weighted by Gasteiger charge is 2.26. The van der Waals surface area contributed by atoms with Crippen molar-refractivity contribution in [1.82, 2.24) is 15.2 Å². The van der Waals surface area contributed by atoms with Crippen LogP contribution in [0.25, 0.3) is 11.6 Å². The van der Waals surface area contributed by atoms with Crippen LogP contribution in [0, 0.1) is 13.8 Å². The van der Waals surface area contributed by atoms with E-state index in [2.05, 4.69) is 31.2 Å². The molecule has 1 saturated heterocycles. The van der Waals surface area contributed by atoms with Crippen LogP contribution in [0.4, 0.5) is 22.7 Å². The van der Waals surface area contributed by atoms with Gasteiger partial charge in [-0.1, -0.05) is 24.3 Å². The standard InChI is InChI=1S/C35H36N6O3/c1-22-31(37-23(2)32(22)35(44)36-15-18-41-16-6-7-17-41)21-29-28-20-27(13-14-30(28)40-34(29)43)38-25-11-8-12-26(19-25)39-33(42)24-9-4-3-5-10-24/h3-5,8-14,19-21,37-38H,6-7,15-18H2,1-2H3,(H,36,44)(H,39,42)(H,40,43). The number of likely N-dealkylation sites (tertiary alicyclic amines) is 1. The van der Waals surface area contributed by atoms with Crippen molar-refractivity contribution < 1.29 is 14.4 Å². The Morgan fingerprint density at radius 1 is 0.886 bits per heavy atom. The van der Waals surface area contributed by atoms with Crippen LogP contribution >= 0.6 is 0 Å². The molecular formula is C35H36N6O3. The second kappa shape index (κ2) is 12.6. The molecule has 3 amide bonds. The first-order valence-electron chi connectivity index (χ1n) is 15.0. The number of nitrogens with zero attached hydrogens (tertiary/aromatic N) is 1. The molecule has 1 fully saturated rings. The van der Waals surface area contributed by atoms with Crippen LogP contribution in [0.3, 0.4) is 0 Å². The summed E-state index contributed by atoms with van der Waals surface area (Å²) in [5.74, 6) is -0.492. The molecule has 6 rings (SSSR count). The first kappa shape index (κ1) is 28.9. The Labute approximate surface area is 256 Å². The van der Waals surface area contributed by atoms with E-state index in [0.717, 1.165) is 59.2 Å². The van der Waals surface area contributed by atoms with Crippen molar-refractivity contribution in [2.24, 2.45) is 0 Å². The zero-order chi connectivity index (χ0) is 30.6. The number of H-pyrrole nitrogens is 1. The van der Waals surface area contributed by atoms with E-state index in [1.165, 1.54) is 12.8 Å². The summed E-state index contributed by atoms with van der Waals surface area (Å²) in [5, 5.41) is 12.3. The van der Waals surface area contributed by atoms with Gasteiger partial charge in [0.2, 0.25) is 0 Å². The molecule has 2 aliphatic heterocycles. The number of benzene rings is 3. The maximum Gasteiger partial charge on any atom is 0.256 e. The molecule has 3 heterocycles. The van der Waals surface area contributed by atoms with E-state index in [1.807, 2.05) is 80.6 Å². The predicted octanol–water partition coefficient (Wildman–Crippen LogP) is 5.95. The minimum absolute atomic E-state index is 0.106. The minimum Gasteiger partial charge on any atom is -0.358 e. The van der Waals surface area contributed by atoms with Crippen molar-refractivity contribution in [3.63, 3.8) is 0 Å². The normalized spacial score (nSPS) is 15.2. The number of nitrogens with one attached hydrogen (secondary N) is 5. The first-order valence-corrected chi connectivity index (χ1v) is 15.0. The Morgan fingerprint density at radius 2 is 1.64 bits per heavy atom. The number of carbonyl (C=O) groups is 3. The van der Waals surface area contributed by atoms with E-state index in [0.29, 0.717) is 28.9 Å². The molecule has 9 nitrogen and oxygen atoms in total. The lowest BCUT2D eigenvalue weighted by atomic mass is 10.0. The number of aryl methyl sites for hydroxylation is 1. The summed E-state index contributed by atoms with van der Waals surface area (Å²) in [6.45, 7) is 7.43. The Hall–Kier alpha value is -5.15. The predicted molar refractivity (Wildman–Crippen MR) is 175 cm³/mol.